The molecule has 18 heavy (non-hydrogen) atoms. The molecule has 0 aliphatic rings. The van der Waals surface area contributed by atoms with Crippen LogP contribution in [0, 0.1) is 0 Å². The smallest absolute Gasteiger partial charge is 0.407 e. The van der Waals surface area contributed by atoms with Crippen molar-refractivity contribution in [1.82, 2.24) is 5.32 Å². The first-order valence-electron chi connectivity index (χ1n) is 5.72. The quantitative estimate of drug-likeness (QED) is 0.883. The highest BCUT2D eigenvalue weighted by Gasteiger charge is 2.14. The Labute approximate surface area is 111 Å². The highest BCUT2D eigenvalue weighted by atomic mass is 32.1. The number of hydrogen-bond acceptors (Lipinski definition) is 4. The van der Waals surface area contributed by atoms with Gasteiger partial charge in [0.05, 0.1) is 6.61 Å². The van der Waals surface area contributed by atoms with Crippen LogP contribution in [0.15, 0.2) is 17.5 Å². The van der Waals surface area contributed by atoms with E-state index >= 15 is 0 Å². The van der Waals surface area contributed by atoms with Gasteiger partial charge < -0.3 is 15.2 Å². The van der Waals surface area contributed by atoms with Gasteiger partial charge in [0.1, 0.15) is 5.60 Å². The Hall–Kier alpha value is -1.33. The second kappa shape index (κ2) is 6.56. The van der Waals surface area contributed by atoms with Gasteiger partial charge in [-0.1, -0.05) is 12.2 Å². The maximum atomic E-state index is 11.3. The second-order valence-electron chi connectivity index (χ2n) is 4.79. The summed E-state index contributed by atoms with van der Waals surface area (Å²) in [7, 11) is 0. The van der Waals surface area contributed by atoms with Crippen molar-refractivity contribution in [1.29, 1.82) is 0 Å². The van der Waals surface area contributed by atoms with E-state index in [1.807, 2.05) is 44.4 Å². The van der Waals surface area contributed by atoms with Gasteiger partial charge in [0.2, 0.25) is 0 Å². The van der Waals surface area contributed by atoms with Gasteiger partial charge in [0, 0.05) is 11.4 Å². The summed E-state index contributed by atoms with van der Waals surface area (Å²) >= 11 is 1.51. The highest BCUT2D eigenvalue weighted by Crippen LogP contribution is 2.15. The third-order valence-electron chi connectivity index (χ3n) is 1.90. The Morgan fingerprint density at radius 1 is 1.56 bits per heavy atom. The fourth-order valence-electron chi connectivity index (χ4n) is 1.22. The van der Waals surface area contributed by atoms with Gasteiger partial charge in [0.15, 0.2) is 0 Å². The number of aliphatic hydroxyl groups is 1. The minimum atomic E-state index is -0.475. The number of thiophene rings is 1. The summed E-state index contributed by atoms with van der Waals surface area (Å²) < 4.78 is 5.10. The summed E-state index contributed by atoms with van der Waals surface area (Å²) in [4.78, 5) is 12.2. The normalized spacial score (nSPS) is 11.8. The molecule has 0 spiro atoms. The van der Waals surface area contributed by atoms with Gasteiger partial charge in [-0.05, 0) is 37.8 Å². The third kappa shape index (κ3) is 5.84. The Bertz CT molecular complexity index is 418. The number of carbonyl (C=O) groups is 1. The fourth-order valence-corrected chi connectivity index (χ4v) is 1.93. The molecule has 0 saturated carbocycles. The van der Waals surface area contributed by atoms with E-state index in [2.05, 4.69) is 5.32 Å². The van der Waals surface area contributed by atoms with Crippen LogP contribution in [0.2, 0.25) is 0 Å². The maximum absolute atomic E-state index is 11.3. The Morgan fingerprint density at radius 3 is 2.83 bits per heavy atom. The molecule has 0 saturated heterocycles. The van der Waals surface area contributed by atoms with Gasteiger partial charge in [-0.15, -0.1) is 11.3 Å². The lowest BCUT2D eigenvalue weighted by molar-refractivity contribution is 0.0534. The van der Waals surface area contributed by atoms with Crippen LogP contribution in [-0.4, -0.2) is 23.3 Å². The number of carbonyl (C=O) groups excluding carboxylic acids is 1. The zero-order chi connectivity index (χ0) is 13.6. The minimum Gasteiger partial charge on any atom is -0.444 e. The molecule has 1 aromatic rings. The number of alkyl carbamates (subject to hydrolysis) is 1. The standard InChI is InChI=1S/C13H19NO3S/c1-13(2,3)17-12(16)14-6-4-5-10-7-11(8-15)18-9-10/h4-5,7,9,15H,6,8H2,1-3H3,(H,14,16). The Morgan fingerprint density at radius 2 is 2.28 bits per heavy atom. The number of amides is 1. The van der Waals surface area contributed by atoms with Crippen molar-refractivity contribution >= 4 is 23.5 Å². The molecule has 0 radical (unpaired) electrons. The van der Waals surface area contributed by atoms with Crippen LogP contribution in [-0.2, 0) is 11.3 Å². The number of rotatable bonds is 4. The molecule has 1 amide bonds. The summed E-state index contributed by atoms with van der Waals surface area (Å²) in [6, 6.07) is 1.91. The van der Waals surface area contributed by atoms with E-state index < -0.39 is 11.7 Å². The van der Waals surface area contributed by atoms with Gasteiger partial charge >= 0.3 is 6.09 Å². The first kappa shape index (κ1) is 14.7. The molecule has 0 aliphatic heterocycles. The van der Waals surface area contributed by atoms with Crippen LogP contribution in [0.5, 0.6) is 0 Å². The van der Waals surface area contributed by atoms with Crippen molar-refractivity contribution in [3.05, 3.63) is 28.0 Å². The monoisotopic (exact) mass is 269 g/mol. The SMILES string of the molecule is CC(C)(C)OC(=O)NCC=Cc1csc(CO)c1. The van der Waals surface area contributed by atoms with Crippen LogP contribution in [0.1, 0.15) is 31.2 Å². The van der Waals surface area contributed by atoms with E-state index in [9.17, 15) is 4.79 Å². The van der Waals surface area contributed by atoms with Crippen molar-refractivity contribution in [2.24, 2.45) is 0 Å². The predicted octanol–water partition coefficient (Wildman–Crippen LogP) is 2.78. The topological polar surface area (TPSA) is 58.6 Å². The number of nitrogens with one attached hydrogen (secondary N) is 1. The van der Waals surface area contributed by atoms with Crippen molar-refractivity contribution in [3.8, 4) is 0 Å². The van der Waals surface area contributed by atoms with Crippen LogP contribution in [0.25, 0.3) is 6.08 Å². The first-order valence-corrected chi connectivity index (χ1v) is 6.60. The van der Waals surface area contributed by atoms with E-state index in [4.69, 9.17) is 9.84 Å². The molecule has 0 aliphatic carbocycles. The molecule has 1 aromatic heterocycles. The van der Waals surface area contributed by atoms with E-state index in [1.54, 1.807) is 0 Å². The maximum Gasteiger partial charge on any atom is 0.407 e. The molecule has 2 N–H and O–H groups in total. The summed E-state index contributed by atoms with van der Waals surface area (Å²) in [5, 5.41) is 13.5. The van der Waals surface area contributed by atoms with E-state index in [0.717, 1.165) is 10.4 Å². The molecule has 4 nitrogen and oxygen atoms in total. The van der Waals surface area contributed by atoms with Gasteiger partial charge in [-0.25, -0.2) is 4.79 Å². The summed E-state index contributed by atoms with van der Waals surface area (Å²) in [5.74, 6) is 0. The average Bonchev–Trinajstić information content (AvgIpc) is 2.70. The zero-order valence-corrected chi connectivity index (χ0v) is 11.7. The molecular weight excluding hydrogens is 250 g/mol. The minimum absolute atomic E-state index is 0.0642. The Balaban J connectivity index is 2.31. The Kier molecular flexibility index (Phi) is 5.37. The average molecular weight is 269 g/mol. The largest absolute Gasteiger partial charge is 0.444 e. The second-order valence-corrected chi connectivity index (χ2v) is 5.79. The molecule has 1 rings (SSSR count). The summed E-state index contributed by atoms with van der Waals surface area (Å²) in [6.45, 7) is 5.95. The molecule has 0 fully saturated rings. The van der Waals surface area contributed by atoms with Crippen LogP contribution < -0.4 is 5.32 Å². The molecule has 1 heterocycles. The predicted molar refractivity (Wildman–Crippen MR) is 73.5 cm³/mol. The van der Waals surface area contributed by atoms with E-state index in [-0.39, 0.29) is 6.61 Å². The number of hydrogen-bond donors (Lipinski definition) is 2. The first-order chi connectivity index (χ1) is 8.40. The molecule has 0 bridgehead atoms. The van der Waals surface area contributed by atoms with Crippen molar-refractivity contribution in [2.45, 2.75) is 33.0 Å². The molecular formula is C13H19NO3S. The number of ether oxygens (including phenoxy) is 1. The van der Waals surface area contributed by atoms with E-state index in [0.29, 0.717) is 6.54 Å². The van der Waals surface area contributed by atoms with Crippen LogP contribution >= 0.6 is 11.3 Å². The van der Waals surface area contributed by atoms with Gasteiger partial charge in [-0.3, -0.25) is 0 Å². The lowest BCUT2D eigenvalue weighted by Gasteiger charge is -2.19. The molecule has 0 atom stereocenters. The van der Waals surface area contributed by atoms with E-state index in [1.165, 1.54) is 11.3 Å². The van der Waals surface area contributed by atoms with Gasteiger partial charge in [-0.2, -0.15) is 0 Å². The lowest BCUT2D eigenvalue weighted by atomic mass is 10.2. The summed E-state index contributed by atoms with van der Waals surface area (Å²) in [6.07, 6.45) is 3.31. The summed E-state index contributed by atoms with van der Waals surface area (Å²) in [5.41, 5.74) is 0.548. The highest BCUT2D eigenvalue weighted by molar-refractivity contribution is 7.10. The van der Waals surface area contributed by atoms with Crippen molar-refractivity contribution < 1.29 is 14.6 Å². The van der Waals surface area contributed by atoms with Crippen molar-refractivity contribution in [3.63, 3.8) is 0 Å². The fraction of sp³-hybridized carbons (Fsp3) is 0.462. The van der Waals surface area contributed by atoms with Crippen LogP contribution in [0.4, 0.5) is 4.79 Å². The zero-order valence-electron chi connectivity index (χ0n) is 10.9. The molecule has 5 heteroatoms. The molecule has 0 unspecified atom stereocenters. The van der Waals surface area contributed by atoms with Crippen LogP contribution in [0.3, 0.4) is 0 Å². The molecule has 100 valence electrons. The third-order valence-corrected chi connectivity index (χ3v) is 2.84. The number of aliphatic hydroxyl groups excluding tert-OH is 1. The van der Waals surface area contributed by atoms with Gasteiger partial charge in [0.25, 0.3) is 0 Å². The molecule has 0 aromatic carbocycles. The lowest BCUT2D eigenvalue weighted by Crippen LogP contribution is -2.32. The van der Waals surface area contributed by atoms with Crippen molar-refractivity contribution in [2.75, 3.05) is 6.54 Å².